The third-order valence-corrected chi connectivity index (χ3v) is 11.9. The number of para-hydroxylation sites is 1. The zero-order valence-electron chi connectivity index (χ0n) is 28.8. The minimum atomic E-state index is -0.580. The highest BCUT2D eigenvalue weighted by Crippen LogP contribution is 2.37. The van der Waals surface area contributed by atoms with Gasteiger partial charge in [-0.3, -0.25) is 24.6 Å². The number of carbonyl (C=O) groups excluding carboxylic acids is 3. The number of nitrogens with zero attached hydrogens (tertiary/aromatic N) is 7. The Morgan fingerprint density at radius 2 is 1.63 bits per heavy atom. The molecule has 1 aromatic heterocycles. The van der Waals surface area contributed by atoms with Gasteiger partial charge >= 0.3 is 0 Å². The van der Waals surface area contributed by atoms with Crippen molar-refractivity contribution in [3.05, 3.63) is 59.7 Å². The Morgan fingerprint density at radius 3 is 2.45 bits per heavy atom. The molecule has 7 heterocycles. The first-order chi connectivity index (χ1) is 24.9. The molecular weight excluding hydrogens is 646 g/mol. The average molecular weight is 692 g/mol. The van der Waals surface area contributed by atoms with Gasteiger partial charge in [-0.1, -0.05) is 12.1 Å². The van der Waals surface area contributed by atoms with Gasteiger partial charge in [-0.25, -0.2) is 0 Å². The van der Waals surface area contributed by atoms with Crippen LogP contribution in [0.1, 0.15) is 41.6 Å². The first-order valence-corrected chi connectivity index (χ1v) is 18.5. The van der Waals surface area contributed by atoms with Crippen LogP contribution >= 0.6 is 0 Å². The number of benzene rings is 2. The van der Waals surface area contributed by atoms with Crippen molar-refractivity contribution in [1.82, 2.24) is 30.2 Å². The molecule has 0 aliphatic carbocycles. The molecule has 3 N–H and O–H groups in total. The zero-order valence-corrected chi connectivity index (χ0v) is 28.8. The van der Waals surface area contributed by atoms with E-state index in [4.69, 9.17) is 0 Å². The van der Waals surface area contributed by atoms with Crippen LogP contribution in [0.15, 0.2) is 48.5 Å². The molecule has 266 valence electrons. The van der Waals surface area contributed by atoms with E-state index >= 15 is 0 Å². The van der Waals surface area contributed by atoms with Gasteiger partial charge in [0.15, 0.2) is 5.82 Å². The number of phenolic OH excluding ortho intramolecular Hbond substituents is 1. The first-order valence-electron chi connectivity index (χ1n) is 18.5. The number of nitrogens with one attached hydrogen (secondary N) is 2. The lowest BCUT2D eigenvalue weighted by molar-refractivity contribution is -0.136. The third kappa shape index (κ3) is 6.16. The molecule has 3 aromatic rings. The molecule has 0 spiro atoms. The van der Waals surface area contributed by atoms with Crippen LogP contribution < -0.4 is 20.4 Å². The molecule has 13 nitrogen and oxygen atoms in total. The fourth-order valence-corrected chi connectivity index (χ4v) is 9.08. The van der Waals surface area contributed by atoms with Crippen molar-refractivity contribution < 1.29 is 19.5 Å². The number of anilines is 3. The standard InChI is InChI=1S/C38H45N9O4/c48-34-4-2-1-3-30(34)31-16-33-36(42-41-31)39-17-28-23-44(13-14-46(28)33)18-24-9-11-43(12-10-24)19-25-20-45(21-25)27-5-6-29-26(15-27)22-47(38(29)51)32-7-8-35(49)40-37(32)50/h1-6,15-16,24-25,28,32,48H,7-14,17-23H2,(H,39,42)(H,40,49,50)/t28-,32?/m0/s1. The third-order valence-electron chi connectivity index (χ3n) is 11.9. The Bertz CT molecular complexity index is 1860. The van der Waals surface area contributed by atoms with Gasteiger partial charge < -0.3 is 30.0 Å². The van der Waals surface area contributed by atoms with Crippen molar-refractivity contribution >= 4 is 34.9 Å². The number of imide groups is 1. The molecule has 2 atom stereocenters. The highest BCUT2D eigenvalue weighted by Gasteiger charge is 2.40. The maximum absolute atomic E-state index is 13.1. The van der Waals surface area contributed by atoms with Crippen LogP contribution in [0.3, 0.4) is 0 Å². The van der Waals surface area contributed by atoms with Crippen molar-refractivity contribution in [1.29, 1.82) is 0 Å². The predicted molar refractivity (Wildman–Crippen MR) is 193 cm³/mol. The summed E-state index contributed by atoms with van der Waals surface area (Å²) in [5, 5.41) is 25.1. The van der Waals surface area contributed by atoms with Crippen molar-refractivity contribution in [2.75, 3.05) is 80.6 Å². The van der Waals surface area contributed by atoms with Crippen LogP contribution in [0, 0.1) is 11.8 Å². The van der Waals surface area contributed by atoms with Crippen LogP contribution in [-0.2, 0) is 16.1 Å². The molecule has 4 fully saturated rings. The molecule has 0 saturated carbocycles. The molecule has 9 rings (SSSR count). The Balaban J connectivity index is 0.727. The molecule has 4 saturated heterocycles. The number of fused-ring (bicyclic) bond motifs is 4. The van der Waals surface area contributed by atoms with Crippen molar-refractivity contribution in [3.8, 4) is 17.0 Å². The van der Waals surface area contributed by atoms with Gasteiger partial charge in [0, 0.05) is 88.1 Å². The quantitative estimate of drug-likeness (QED) is 0.315. The lowest BCUT2D eigenvalue weighted by Crippen LogP contribution is -2.58. The van der Waals surface area contributed by atoms with Gasteiger partial charge in [0.2, 0.25) is 11.8 Å². The summed E-state index contributed by atoms with van der Waals surface area (Å²) in [4.78, 5) is 48.9. The number of aromatic hydroxyl groups is 1. The molecule has 51 heavy (non-hydrogen) atoms. The Kier molecular flexibility index (Phi) is 8.26. The molecule has 1 unspecified atom stereocenters. The van der Waals surface area contributed by atoms with Gasteiger partial charge in [-0.15, -0.1) is 10.2 Å². The number of carbonyl (C=O) groups is 3. The molecule has 13 heteroatoms. The summed E-state index contributed by atoms with van der Waals surface area (Å²) in [6, 6.07) is 15.2. The van der Waals surface area contributed by atoms with E-state index in [9.17, 15) is 19.5 Å². The summed E-state index contributed by atoms with van der Waals surface area (Å²) < 4.78 is 0. The molecule has 6 aliphatic rings. The SMILES string of the molecule is O=C1CCC(N2Cc3cc(N4CC(CN5CCC(CN6CCN7c8cc(-c9ccccc9O)nnc8NC[C@H]7C6)CC5)C4)ccc3C2=O)C(=O)N1. The van der Waals surface area contributed by atoms with E-state index in [1.165, 1.54) is 12.8 Å². The molecule has 0 bridgehead atoms. The van der Waals surface area contributed by atoms with Crippen molar-refractivity contribution in [2.45, 2.75) is 44.3 Å². The van der Waals surface area contributed by atoms with Gasteiger partial charge in [-0.05, 0) is 80.2 Å². The predicted octanol–water partition coefficient (Wildman–Crippen LogP) is 2.37. The fraction of sp³-hybridized carbons (Fsp3) is 0.500. The van der Waals surface area contributed by atoms with Crippen molar-refractivity contribution in [3.63, 3.8) is 0 Å². The lowest BCUT2D eigenvalue weighted by Gasteiger charge is -2.47. The number of hydrogen-bond acceptors (Lipinski definition) is 11. The number of piperazine rings is 1. The second kappa shape index (κ2) is 13.1. The fourth-order valence-electron chi connectivity index (χ4n) is 9.08. The van der Waals surface area contributed by atoms with Crippen LogP contribution in [-0.4, -0.2) is 125 Å². The largest absolute Gasteiger partial charge is 0.507 e. The topological polar surface area (TPSA) is 137 Å². The summed E-state index contributed by atoms with van der Waals surface area (Å²) in [5.74, 6) is 1.65. The van der Waals surface area contributed by atoms with Gasteiger partial charge in [0.25, 0.3) is 5.91 Å². The molecule has 3 amide bonds. The Morgan fingerprint density at radius 1 is 0.804 bits per heavy atom. The Hall–Kier alpha value is -4.75. The average Bonchev–Trinajstić information content (AvgIpc) is 3.45. The van der Waals surface area contributed by atoms with E-state index in [-0.39, 0.29) is 29.9 Å². The summed E-state index contributed by atoms with van der Waals surface area (Å²) in [5.41, 5.74) is 5.24. The summed E-state index contributed by atoms with van der Waals surface area (Å²) in [7, 11) is 0. The second-order valence-corrected chi connectivity index (χ2v) is 15.2. The van der Waals surface area contributed by atoms with E-state index in [1.54, 1.807) is 11.0 Å². The summed E-state index contributed by atoms with van der Waals surface area (Å²) in [6.07, 6.45) is 3.13. The molecule has 2 aromatic carbocycles. The normalized spacial score (nSPS) is 24.5. The maximum Gasteiger partial charge on any atom is 0.255 e. The Labute approximate surface area is 297 Å². The number of aromatic nitrogens is 2. The summed E-state index contributed by atoms with van der Waals surface area (Å²) >= 11 is 0. The second-order valence-electron chi connectivity index (χ2n) is 15.2. The monoisotopic (exact) mass is 691 g/mol. The highest BCUT2D eigenvalue weighted by atomic mass is 16.3. The van der Waals surface area contributed by atoms with Crippen LogP contribution in [0.5, 0.6) is 5.75 Å². The van der Waals surface area contributed by atoms with Crippen LogP contribution in [0.4, 0.5) is 17.2 Å². The van der Waals surface area contributed by atoms with E-state index in [2.05, 4.69) is 52.6 Å². The molecular formula is C38H45N9O4. The van der Waals surface area contributed by atoms with Gasteiger partial charge in [0.05, 0.1) is 17.4 Å². The van der Waals surface area contributed by atoms with E-state index in [0.29, 0.717) is 41.7 Å². The van der Waals surface area contributed by atoms with Crippen LogP contribution in [0.2, 0.25) is 0 Å². The number of amides is 3. The van der Waals surface area contributed by atoms with Crippen molar-refractivity contribution in [2.24, 2.45) is 11.8 Å². The number of piperidine rings is 2. The minimum absolute atomic E-state index is 0.120. The van der Waals surface area contributed by atoms with E-state index < -0.39 is 6.04 Å². The van der Waals surface area contributed by atoms with Gasteiger partial charge in [-0.2, -0.15) is 0 Å². The van der Waals surface area contributed by atoms with Gasteiger partial charge in [0.1, 0.15) is 11.8 Å². The number of rotatable bonds is 7. The number of phenols is 1. The van der Waals surface area contributed by atoms with Crippen LogP contribution in [0.25, 0.3) is 11.3 Å². The van der Waals surface area contributed by atoms with E-state index in [0.717, 1.165) is 94.1 Å². The minimum Gasteiger partial charge on any atom is -0.507 e. The zero-order chi connectivity index (χ0) is 34.6. The smallest absolute Gasteiger partial charge is 0.255 e. The number of hydrogen-bond donors (Lipinski definition) is 3. The summed E-state index contributed by atoms with van der Waals surface area (Å²) in [6.45, 7) is 10.9. The highest BCUT2D eigenvalue weighted by molar-refractivity contribution is 6.05. The maximum atomic E-state index is 13.1. The lowest BCUT2D eigenvalue weighted by atomic mass is 9.92. The van der Waals surface area contributed by atoms with E-state index in [1.807, 2.05) is 30.3 Å². The molecule has 6 aliphatic heterocycles. The first kappa shape index (κ1) is 32.2. The number of likely N-dealkylation sites (tertiary alicyclic amines) is 1. The molecule has 0 radical (unpaired) electrons.